The van der Waals surface area contributed by atoms with E-state index >= 15 is 0 Å². The second kappa shape index (κ2) is 6.88. The van der Waals surface area contributed by atoms with Gasteiger partial charge in [-0.25, -0.2) is 0 Å². The Bertz CT molecular complexity index is 607. The average Bonchev–Trinajstić information content (AvgIpc) is 2.59. The van der Waals surface area contributed by atoms with Crippen LogP contribution < -0.4 is 10.5 Å². The minimum Gasteiger partial charge on any atom is -0.486 e. The molecule has 0 heterocycles. The van der Waals surface area contributed by atoms with Gasteiger partial charge in [0.05, 0.1) is 0 Å². The molecule has 3 atom stereocenters. The molecule has 4 nitrogen and oxygen atoms in total. The van der Waals surface area contributed by atoms with E-state index in [1.54, 1.807) is 6.92 Å². The lowest BCUT2D eigenvalue weighted by molar-refractivity contribution is -0.172. The lowest BCUT2D eigenvalue weighted by atomic mass is 9.47. The number of hydrogen-bond acceptors (Lipinski definition) is 4. The molecule has 0 unspecified atom stereocenters. The number of nitrogens with two attached hydrogens (primary N) is 1. The van der Waals surface area contributed by atoms with Crippen molar-refractivity contribution >= 4 is 5.97 Å². The summed E-state index contributed by atoms with van der Waals surface area (Å²) in [5.41, 5.74) is 5.85. The van der Waals surface area contributed by atoms with Crippen LogP contribution in [0, 0.1) is 23.2 Å². The molecule has 26 heavy (non-hydrogen) atoms. The van der Waals surface area contributed by atoms with E-state index in [9.17, 15) is 4.79 Å². The first kappa shape index (κ1) is 17.8. The van der Waals surface area contributed by atoms with Gasteiger partial charge in [-0.15, -0.1) is 0 Å². The summed E-state index contributed by atoms with van der Waals surface area (Å²) in [5, 5.41) is 0. The molecule has 0 spiro atoms. The first-order valence-corrected chi connectivity index (χ1v) is 10.1. The van der Waals surface area contributed by atoms with Gasteiger partial charge in [-0.2, -0.15) is 0 Å². The Morgan fingerprint density at radius 3 is 2.08 bits per heavy atom. The SMILES string of the molecule is C[C@H](N)C(=O)O[C@@H](C)[C@H](Oc1ccccc1)C12CC3CC(CC(C3)C1)C2. The van der Waals surface area contributed by atoms with Gasteiger partial charge < -0.3 is 15.2 Å². The van der Waals surface area contributed by atoms with Crippen LogP contribution in [0.3, 0.4) is 0 Å². The Labute approximate surface area is 156 Å². The quantitative estimate of drug-likeness (QED) is 0.784. The monoisotopic (exact) mass is 357 g/mol. The van der Waals surface area contributed by atoms with Crippen molar-refractivity contribution in [3.05, 3.63) is 30.3 Å². The zero-order chi connectivity index (χ0) is 18.3. The average molecular weight is 357 g/mol. The summed E-state index contributed by atoms with van der Waals surface area (Å²) < 4.78 is 12.3. The first-order valence-electron chi connectivity index (χ1n) is 10.1. The number of carbonyl (C=O) groups excluding carboxylic acids is 1. The number of carbonyl (C=O) groups is 1. The summed E-state index contributed by atoms with van der Waals surface area (Å²) in [4.78, 5) is 12.1. The molecule has 1 aromatic carbocycles. The third kappa shape index (κ3) is 3.36. The van der Waals surface area contributed by atoms with E-state index in [0.717, 1.165) is 23.5 Å². The standard InChI is InChI=1S/C22H31NO3/c1-14(23)21(24)25-15(2)20(26-19-6-4-3-5-7-19)22-11-16-8-17(12-22)10-18(9-16)13-22/h3-7,14-18,20H,8-13,23H2,1-2H3/t14-,15-,16?,17?,18?,20-,22?/m0/s1. The molecule has 4 bridgehead atoms. The fraction of sp³-hybridized carbons (Fsp3) is 0.682. The molecular weight excluding hydrogens is 326 g/mol. The molecule has 0 saturated heterocycles. The van der Waals surface area contributed by atoms with Crippen molar-refractivity contribution in [2.45, 2.75) is 70.6 Å². The molecule has 0 amide bonds. The number of ether oxygens (including phenoxy) is 2. The molecule has 0 aliphatic heterocycles. The highest BCUT2D eigenvalue weighted by Crippen LogP contribution is 2.62. The summed E-state index contributed by atoms with van der Waals surface area (Å²) in [6, 6.07) is 9.36. The Morgan fingerprint density at radius 1 is 1.04 bits per heavy atom. The van der Waals surface area contributed by atoms with E-state index in [0.29, 0.717) is 0 Å². The van der Waals surface area contributed by atoms with Crippen LogP contribution in [0.5, 0.6) is 5.75 Å². The van der Waals surface area contributed by atoms with E-state index in [1.165, 1.54) is 38.5 Å². The van der Waals surface area contributed by atoms with Gasteiger partial charge in [0.2, 0.25) is 0 Å². The third-order valence-corrected chi connectivity index (χ3v) is 6.80. The summed E-state index contributed by atoms with van der Waals surface area (Å²) in [6.45, 7) is 3.65. The van der Waals surface area contributed by atoms with Crippen molar-refractivity contribution in [1.82, 2.24) is 0 Å². The van der Waals surface area contributed by atoms with E-state index < -0.39 is 6.04 Å². The van der Waals surface area contributed by atoms with Crippen LogP contribution in [0.2, 0.25) is 0 Å². The van der Waals surface area contributed by atoms with Gasteiger partial charge in [0, 0.05) is 5.41 Å². The van der Waals surface area contributed by atoms with Gasteiger partial charge in [-0.3, -0.25) is 4.79 Å². The summed E-state index contributed by atoms with van der Waals surface area (Å²) >= 11 is 0. The molecule has 0 radical (unpaired) electrons. The number of esters is 1. The second-order valence-corrected chi connectivity index (χ2v) is 9.06. The zero-order valence-electron chi connectivity index (χ0n) is 15.9. The predicted octanol–water partition coefficient (Wildman–Crippen LogP) is 3.93. The highest BCUT2D eigenvalue weighted by Gasteiger charge is 2.57. The maximum Gasteiger partial charge on any atom is 0.323 e. The van der Waals surface area contributed by atoms with Crippen LogP contribution in [0.25, 0.3) is 0 Å². The molecule has 1 aromatic rings. The van der Waals surface area contributed by atoms with Crippen molar-refractivity contribution < 1.29 is 14.3 Å². The Balaban J connectivity index is 1.61. The predicted molar refractivity (Wildman–Crippen MR) is 101 cm³/mol. The van der Waals surface area contributed by atoms with Crippen molar-refractivity contribution in [2.75, 3.05) is 0 Å². The van der Waals surface area contributed by atoms with Crippen molar-refractivity contribution in [1.29, 1.82) is 0 Å². The van der Waals surface area contributed by atoms with Crippen molar-refractivity contribution in [3.63, 3.8) is 0 Å². The van der Waals surface area contributed by atoms with Gasteiger partial charge >= 0.3 is 5.97 Å². The highest BCUT2D eigenvalue weighted by molar-refractivity contribution is 5.75. The fourth-order valence-electron chi connectivity index (χ4n) is 6.24. The van der Waals surface area contributed by atoms with Gasteiger partial charge in [-0.1, -0.05) is 18.2 Å². The minimum atomic E-state index is -0.605. The van der Waals surface area contributed by atoms with Gasteiger partial charge in [0.1, 0.15) is 24.0 Å². The number of rotatable bonds is 6. The van der Waals surface area contributed by atoms with Crippen LogP contribution in [0.1, 0.15) is 52.4 Å². The lowest BCUT2D eigenvalue weighted by Crippen LogP contribution is -2.57. The van der Waals surface area contributed by atoms with Crippen LogP contribution in [-0.4, -0.2) is 24.2 Å². The molecule has 4 fully saturated rings. The molecule has 4 aliphatic rings. The molecule has 4 aliphatic carbocycles. The van der Waals surface area contributed by atoms with E-state index in [2.05, 4.69) is 0 Å². The maximum atomic E-state index is 12.1. The molecular formula is C22H31NO3. The molecule has 4 saturated carbocycles. The fourth-order valence-corrected chi connectivity index (χ4v) is 6.24. The van der Waals surface area contributed by atoms with Gasteiger partial charge in [0.25, 0.3) is 0 Å². The first-order chi connectivity index (χ1) is 12.4. The molecule has 5 rings (SSSR count). The second-order valence-electron chi connectivity index (χ2n) is 9.06. The molecule has 4 heteroatoms. The van der Waals surface area contributed by atoms with E-state index in [-0.39, 0.29) is 23.6 Å². The van der Waals surface area contributed by atoms with Crippen LogP contribution >= 0.6 is 0 Å². The molecule has 0 aromatic heterocycles. The Kier molecular flexibility index (Phi) is 4.72. The normalized spacial score (nSPS) is 35.6. The summed E-state index contributed by atoms with van der Waals surface area (Å²) in [7, 11) is 0. The van der Waals surface area contributed by atoms with E-state index in [1.807, 2.05) is 37.3 Å². The van der Waals surface area contributed by atoms with E-state index in [4.69, 9.17) is 15.2 Å². The minimum absolute atomic E-state index is 0.110. The topological polar surface area (TPSA) is 61.6 Å². The number of benzene rings is 1. The van der Waals surface area contributed by atoms with Crippen molar-refractivity contribution in [2.24, 2.45) is 28.9 Å². The molecule has 2 N–H and O–H groups in total. The molecule has 142 valence electrons. The number of para-hydroxylation sites is 1. The third-order valence-electron chi connectivity index (χ3n) is 6.80. The van der Waals surface area contributed by atoms with Crippen LogP contribution in [-0.2, 0) is 9.53 Å². The van der Waals surface area contributed by atoms with Gasteiger partial charge in [0.15, 0.2) is 0 Å². The maximum absolute atomic E-state index is 12.1. The van der Waals surface area contributed by atoms with Crippen LogP contribution in [0.4, 0.5) is 0 Å². The lowest BCUT2D eigenvalue weighted by Gasteiger charge is -2.59. The highest BCUT2D eigenvalue weighted by atomic mass is 16.6. The largest absolute Gasteiger partial charge is 0.486 e. The zero-order valence-corrected chi connectivity index (χ0v) is 15.9. The Morgan fingerprint density at radius 2 is 1.58 bits per heavy atom. The summed E-state index contributed by atoms with van der Waals surface area (Å²) in [5.74, 6) is 2.97. The van der Waals surface area contributed by atoms with Gasteiger partial charge in [-0.05, 0) is 82.3 Å². The number of hydrogen-bond donors (Lipinski definition) is 1. The smallest absolute Gasteiger partial charge is 0.323 e. The summed E-state index contributed by atoms with van der Waals surface area (Å²) in [6.07, 6.45) is 7.34. The van der Waals surface area contributed by atoms with Crippen molar-refractivity contribution in [3.8, 4) is 5.75 Å². The van der Waals surface area contributed by atoms with Crippen LogP contribution in [0.15, 0.2) is 30.3 Å². The Hall–Kier alpha value is -1.55.